The minimum Gasteiger partial charge on any atom is -0.480 e. The Morgan fingerprint density at radius 1 is 0.927 bits per heavy atom. The number of nitrogens with one attached hydrogen (secondary N) is 5. The summed E-state index contributed by atoms with van der Waals surface area (Å²) in [6.45, 7) is 16.7. The van der Waals surface area contributed by atoms with Gasteiger partial charge in [-0.3, -0.25) is 38.5 Å². The Balaban J connectivity index is 2.37. The number of aryl methyl sites for hydroxylation is 1. The third-order valence-corrected chi connectivity index (χ3v) is 9.73. The summed E-state index contributed by atoms with van der Waals surface area (Å²) < 4.78 is 4.81. The molecule has 55 heavy (non-hydrogen) atoms. The van der Waals surface area contributed by atoms with E-state index < -0.39 is 95.6 Å². The zero-order chi connectivity index (χ0) is 41.8. The Morgan fingerprint density at radius 3 is 2.11 bits per heavy atom. The van der Waals surface area contributed by atoms with Gasteiger partial charge in [0.25, 0.3) is 5.91 Å². The normalized spacial score (nSPS) is 17.9. The van der Waals surface area contributed by atoms with E-state index in [1.54, 1.807) is 57.7 Å². The fourth-order valence-electron chi connectivity index (χ4n) is 6.55. The van der Waals surface area contributed by atoms with Crippen LogP contribution in [0.25, 0.3) is 0 Å². The van der Waals surface area contributed by atoms with Gasteiger partial charge in [-0.1, -0.05) is 40.2 Å². The standard InChI is InChI=1S/C39H63N7O9/c1-11-22(4)31(36(51)41-24(6)32(37(52)45-39(7,8)9)46-16-12-13-29(46)38(53)54)44-35(50)28(19-30(47)55-10)43-34(49)27(17-21(2)3)42-33(48)25-15-14-23(5)26(18-25)20-40/h14-15,18,21-22,24,27-29,31-32H,11-13,16-17,19-20,40H2,1-10H3,(H,41,51)(H,42,48)(H,43,49)(H,44,50)(H,45,52)(H,53,54)/t22-,24-,27-,28-,29-,31-,32-/m0/s1. The molecule has 0 bridgehead atoms. The monoisotopic (exact) mass is 773 g/mol. The lowest BCUT2D eigenvalue weighted by Crippen LogP contribution is -2.64. The smallest absolute Gasteiger partial charge is 0.320 e. The topological polar surface area (TPSA) is 238 Å². The van der Waals surface area contributed by atoms with Crippen molar-refractivity contribution in [2.45, 2.75) is 143 Å². The first kappa shape index (κ1) is 46.6. The van der Waals surface area contributed by atoms with E-state index in [0.717, 1.165) is 18.2 Å². The molecule has 0 aromatic heterocycles. The molecule has 1 heterocycles. The summed E-state index contributed by atoms with van der Waals surface area (Å²) >= 11 is 0. The van der Waals surface area contributed by atoms with Crippen molar-refractivity contribution in [2.24, 2.45) is 17.6 Å². The number of amides is 5. The third kappa shape index (κ3) is 13.9. The number of carboxylic acid groups (broad SMARTS) is 1. The zero-order valence-corrected chi connectivity index (χ0v) is 34.0. The summed E-state index contributed by atoms with van der Waals surface area (Å²) in [7, 11) is 1.14. The molecule has 0 unspecified atom stereocenters. The van der Waals surface area contributed by atoms with E-state index in [-0.39, 0.29) is 18.9 Å². The van der Waals surface area contributed by atoms with Crippen molar-refractivity contribution in [3.63, 3.8) is 0 Å². The molecule has 16 heteroatoms. The average molecular weight is 774 g/mol. The van der Waals surface area contributed by atoms with Crippen LogP contribution in [0.2, 0.25) is 0 Å². The van der Waals surface area contributed by atoms with E-state index in [1.165, 1.54) is 0 Å². The van der Waals surface area contributed by atoms with Gasteiger partial charge in [-0.05, 0) is 95.5 Å². The minimum absolute atomic E-state index is 0.0531. The Morgan fingerprint density at radius 2 is 1.56 bits per heavy atom. The van der Waals surface area contributed by atoms with Gasteiger partial charge in [-0.15, -0.1) is 0 Å². The summed E-state index contributed by atoms with van der Waals surface area (Å²) in [5.41, 5.74) is 7.16. The molecule has 1 aliphatic heterocycles. The molecule has 16 nitrogen and oxygen atoms in total. The predicted octanol–water partition coefficient (Wildman–Crippen LogP) is 1.51. The molecular weight excluding hydrogens is 710 g/mol. The molecule has 308 valence electrons. The summed E-state index contributed by atoms with van der Waals surface area (Å²) in [4.78, 5) is 94.8. The van der Waals surface area contributed by atoms with E-state index in [0.29, 0.717) is 31.4 Å². The number of nitrogens with two attached hydrogens (primary N) is 1. The second kappa shape index (κ2) is 20.9. The quantitative estimate of drug-likeness (QED) is 0.0995. The Labute approximate surface area is 324 Å². The average Bonchev–Trinajstić information content (AvgIpc) is 3.58. The van der Waals surface area contributed by atoms with Crippen molar-refractivity contribution in [3.8, 4) is 0 Å². The number of likely N-dealkylation sites (tertiary alicyclic amines) is 1. The molecule has 1 aromatic carbocycles. The Kier molecular flexibility index (Phi) is 17.7. The second-order valence-corrected chi connectivity index (χ2v) is 15.9. The number of carboxylic acids is 1. The van der Waals surface area contributed by atoms with E-state index in [2.05, 4.69) is 26.6 Å². The highest BCUT2D eigenvalue weighted by Crippen LogP contribution is 2.23. The van der Waals surface area contributed by atoms with Gasteiger partial charge in [0.1, 0.15) is 30.2 Å². The molecule has 1 aliphatic rings. The maximum atomic E-state index is 14.0. The number of ether oxygens (including phenoxy) is 1. The van der Waals surface area contributed by atoms with E-state index in [1.807, 2.05) is 27.7 Å². The van der Waals surface area contributed by atoms with Gasteiger partial charge in [0.15, 0.2) is 0 Å². The van der Waals surface area contributed by atoms with Crippen molar-refractivity contribution in [3.05, 3.63) is 34.9 Å². The fourth-order valence-corrected chi connectivity index (χ4v) is 6.55. The molecule has 2 rings (SSSR count). The van der Waals surface area contributed by atoms with Crippen LogP contribution in [0.3, 0.4) is 0 Å². The van der Waals surface area contributed by atoms with E-state index >= 15 is 0 Å². The van der Waals surface area contributed by atoms with Crippen LogP contribution in [0.1, 0.15) is 109 Å². The molecule has 0 spiro atoms. The maximum absolute atomic E-state index is 14.0. The number of nitrogens with zero attached hydrogens (tertiary/aromatic N) is 1. The highest BCUT2D eigenvalue weighted by atomic mass is 16.5. The number of benzene rings is 1. The highest BCUT2D eigenvalue weighted by molar-refractivity contribution is 5.99. The van der Waals surface area contributed by atoms with Crippen molar-refractivity contribution < 1.29 is 43.4 Å². The van der Waals surface area contributed by atoms with Gasteiger partial charge in [0.2, 0.25) is 23.6 Å². The highest BCUT2D eigenvalue weighted by Gasteiger charge is 2.43. The number of carbonyl (C=O) groups is 7. The molecular formula is C39H63N7O9. The van der Waals surface area contributed by atoms with Gasteiger partial charge >= 0.3 is 11.9 Å². The van der Waals surface area contributed by atoms with Crippen LogP contribution in [-0.4, -0.2) is 107 Å². The lowest BCUT2D eigenvalue weighted by atomic mass is 9.96. The fraction of sp³-hybridized carbons (Fsp3) is 0.667. The van der Waals surface area contributed by atoms with Gasteiger partial charge in [0, 0.05) is 17.6 Å². The van der Waals surface area contributed by atoms with Gasteiger partial charge < -0.3 is 42.2 Å². The maximum Gasteiger partial charge on any atom is 0.320 e. The molecule has 5 amide bonds. The lowest BCUT2D eigenvalue weighted by Gasteiger charge is -2.37. The van der Waals surface area contributed by atoms with E-state index in [9.17, 15) is 38.7 Å². The number of aliphatic carboxylic acids is 1. The van der Waals surface area contributed by atoms with E-state index in [4.69, 9.17) is 10.5 Å². The number of esters is 1. The van der Waals surface area contributed by atoms with Gasteiger partial charge in [-0.2, -0.15) is 0 Å². The minimum atomic E-state index is -1.49. The number of rotatable bonds is 19. The summed E-state index contributed by atoms with van der Waals surface area (Å²) in [6.07, 6.45) is 0.976. The molecule has 0 saturated carbocycles. The van der Waals surface area contributed by atoms with Crippen molar-refractivity contribution in [1.29, 1.82) is 0 Å². The van der Waals surface area contributed by atoms with Crippen LogP contribution in [-0.2, 0) is 40.0 Å². The Hall–Kier alpha value is -4.57. The predicted molar refractivity (Wildman–Crippen MR) is 206 cm³/mol. The summed E-state index contributed by atoms with van der Waals surface area (Å²) in [5, 5.41) is 23.7. The molecule has 1 fully saturated rings. The van der Waals surface area contributed by atoms with Gasteiger partial charge in [0.05, 0.1) is 19.6 Å². The molecule has 8 N–H and O–H groups in total. The van der Waals surface area contributed by atoms with Crippen molar-refractivity contribution >= 4 is 41.5 Å². The van der Waals surface area contributed by atoms with Gasteiger partial charge in [-0.25, -0.2) is 0 Å². The SMILES string of the molecule is CC[C@H](C)[C@H](NC(=O)[C@H](CC(=O)OC)NC(=O)[C@H](CC(C)C)NC(=O)c1ccc(C)c(CN)c1)C(=O)N[C@@H](C)[C@@H](C(=O)NC(C)(C)C)N1CCC[C@H]1C(=O)O. The summed E-state index contributed by atoms with van der Waals surface area (Å²) in [6, 6.07) is -1.58. The molecule has 7 atom stereocenters. The third-order valence-electron chi connectivity index (χ3n) is 9.73. The van der Waals surface area contributed by atoms with Crippen LogP contribution in [0.5, 0.6) is 0 Å². The first-order valence-electron chi connectivity index (χ1n) is 19.0. The lowest BCUT2D eigenvalue weighted by molar-refractivity contribution is -0.145. The van der Waals surface area contributed by atoms with Crippen LogP contribution >= 0.6 is 0 Å². The Bertz CT molecular complexity index is 1540. The number of hydrogen-bond acceptors (Lipinski definition) is 10. The molecule has 0 aliphatic carbocycles. The van der Waals surface area contributed by atoms with Crippen LogP contribution in [0.4, 0.5) is 0 Å². The number of methoxy groups -OCH3 is 1. The molecule has 0 radical (unpaired) electrons. The first-order valence-corrected chi connectivity index (χ1v) is 19.0. The number of carbonyl (C=O) groups excluding carboxylic acids is 6. The molecule has 1 saturated heterocycles. The van der Waals surface area contributed by atoms with Crippen molar-refractivity contribution in [2.75, 3.05) is 13.7 Å². The van der Waals surface area contributed by atoms with Crippen LogP contribution in [0, 0.1) is 18.8 Å². The zero-order valence-electron chi connectivity index (χ0n) is 34.0. The summed E-state index contributed by atoms with van der Waals surface area (Å²) in [5.74, 6) is -5.56. The molecule has 1 aromatic rings. The first-order chi connectivity index (χ1) is 25.6. The van der Waals surface area contributed by atoms with Crippen LogP contribution < -0.4 is 32.3 Å². The largest absolute Gasteiger partial charge is 0.480 e. The van der Waals surface area contributed by atoms with Crippen molar-refractivity contribution in [1.82, 2.24) is 31.5 Å². The van der Waals surface area contributed by atoms with Crippen LogP contribution in [0.15, 0.2) is 18.2 Å². The number of hydrogen-bond donors (Lipinski definition) is 7. The second-order valence-electron chi connectivity index (χ2n) is 15.9.